The molecule has 0 saturated carbocycles. The summed E-state index contributed by atoms with van der Waals surface area (Å²) in [5.74, 6) is -0.862. The van der Waals surface area contributed by atoms with E-state index in [1.807, 2.05) is 30.3 Å². The molecule has 2 aromatic rings. The molecule has 1 atom stereocenters. The lowest BCUT2D eigenvalue weighted by atomic mass is 10.2. The minimum Gasteiger partial charge on any atom is -0.444 e. The van der Waals surface area contributed by atoms with Crippen molar-refractivity contribution in [2.75, 3.05) is 18.1 Å². The number of carbonyl (C=O) groups is 1. The third-order valence-electron chi connectivity index (χ3n) is 4.27. The van der Waals surface area contributed by atoms with Gasteiger partial charge in [-0.1, -0.05) is 30.3 Å². The lowest BCUT2D eigenvalue weighted by molar-refractivity contribution is -0.385. The Bertz CT molecular complexity index is 809. The van der Waals surface area contributed by atoms with E-state index >= 15 is 0 Å². The molecule has 1 saturated heterocycles. The first-order valence-electron chi connectivity index (χ1n) is 8.58. The summed E-state index contributed by atoms with van der Waals surface area (Å²) in [6.07, 6.45) is 0.642. The van der Waals surface area contributed by atoms with Gasteiger partial charge in [-0.2, -0.15) is 0 Å². The number of nitro benzene ring substituents is 1. The van der Waals surface area contributed by atoms with Crippen molar-refractivity contribution in [3.63, 3.8) is 0 Å². The van der Waals surface area contributed by atoms with Gasteiger partial charge < -0.3 is 9.47 Å². The number of anilines is 1. The first-order chi connectivity index (χ1) is 13.0. The molecule has 1 fully saturated rings. The molecule has 1 aliphatic heterocycles. The molecule has 8 heteroatoms. The number of hydrogen-bond donors (Lipinski definition) is 0. The number of hydrogen-bond acceptors (Lipinski definition) is 5. The minimum absolute atomic E-state index is 0.0380. The van der Waals surface area contributed by atoms with Crippen LogP contribution in [0.3, 0.4) is 0 Å². The molecule has 2 aromatic carbocycles. The zero-order valence-electron chi connectivity index (χ0n) is 14.5. The predicted octanol–water partition coefficient (Wildman–Crippen LogP) is 4.06. The zero-order valence-corrected chi connectivity index (χ0v) is 14.5. The Morgan fingerprint density at radius 3 is 2.70 bits per heavy atom. The second-order valence-electron chi connectivity index (χ2n) is 6.18. The molecule has 0 bridgehead atoms. The lowest BCUT2D eigenvalue weighted by Crippen LogP contribution is -2.38. The predicted molar refractivity (Wildman–Crippen MR) is 96.0 cm³/mol. The smallest absolute Gasteiger partial charge is 0.414 e. The Morgan fingerprint density at radius 1 is 1.30 bits per heavy atom. The van der Waals surface area contributed by atoms with Crippen molar-refractivity contribution in [1.82, 2.24) is 0 Å². The van der Waals surface area contributed by atoms with E-state index in [-0.39, 0.29) is 30.6 Å². The van der Waals surface area contributed by atoms with Crippen LogP contribution in [-0.4, -0.2) is 30.3 Å². The third kappa shape index (κ3) is 4.79. The maximum Gasteiger partial charge on any atom is 0.414 e. The largest absolute Gasteiger partial charge is 0.444 e. The van der Waals surface area contributed by atoms with E-state index in [1.165, 1.54) is 6.07 Å². The number of halogens is 1. The van der Waals surface area contributed by atoms with Gasteiger partial charge in [0, 0.05) is 12.7 Å². The second kappa shape index (κ2) is 8.59. The van der Waals surface area contributed by atoms with Gasteiger partial charge in [-0.25, -0.2) is 9.18 Å². The summed E-state index contributed by atoms with van der Waals surface area (Å²) < 4.78 is 25.3. The van der Waals surface area contributed by atoms with Crippen LogP contribution >= 0.6 is 0 Å². The van der Waals surface area contributed by atoms with Crippen molar-refractivity contribution < 1.29 is 23.6 Å². The highest BCUT2D eigenvalue weighted by molar-refractivity contribution is 5.88. The van der Waals surface area contributed by atoms with E-state index in [0.717, 1.165) is 35.4 Å². The first-order valence-corrected chi connectivity index (χ1v) is 8.58. The average Bonchev–Trinajstić information content (AvgIpc) is 3.18. The minimum atomic E-state index is -0.862. The molecule has 7 nitrogen and oxygen atoms in total. The van der Waals surface area contributed by atoms with Crippen LogP contribution in [0.5, 0.6) is 0 Å². The molecular weight excluding hydrogens is 355 g/mol. The van der Waals surface area contributed by atoms with Crippen molar-refractivity contribution in [2.24, 2.45) is 0 Å². The molecule has 0 N–H and O–H groups in total. The van der Waals surface area contributed by atoms with E-state index in [0.29, 0.717) is 6.61 Å². The van der Waals surface area contributed by atoms with Gasteiger partial charge in [-0.15, -0.1) is 0 Å². The highest BCUT2D eigenvalue weighted by atomic mass is 19.1. The Labute approximate surface area is 155 Å². The van der Waals surface area contributed by atoms with Gasteiger partial charge in [0.05, 0.1) is 29.3 Å². The van der Waals surface area contributed by atoms with Crippen LogP contribution < -0.4 is 4.90 Å². The van der Waals surface area contributed by atoms with Gasteiger partial charge in [0.15, 0.2) is 5.82 Å². The van der Waals surface area contributed by atoms with Gasteiger partial charge in [-0.05, 0) is 24.5 Å². The number of ether oxygens (including phenoxy) is 2. The summed E-state index contributed by atoms with van der Waals surface area (Å²) in [4.78, 5) is 23.9. The zero-order chi connectivity index (χ0) is 19.2. The van der Waals surface area contributed by atoms with E-state index < -0.39 is 16.8 Å². The molecule has 27 heavy (non-hydrogen) atoms. The molecule has 1 heterocycles. The van der Waals surface area contributed by atoms with Crippen molar-refractivity contribution in [3.05, 3.63) is 70.0 Å². The molecule has 0 radical (unpaired) electrons. The molecule has 3 rings (SSSR count). The number of amides is 1. The van der Waals surface area contributed by atoms with Gasteiger partial charge in [0.2, 0.25) is 0 Å². The summed E-state index contributed by atoms with van der Waals surface area (Å²) >= 11 is 0. The monoisotopic (exact) mass is 374 g/mol. The van der Waals surface area contributed by atoms with E-state index in [9.17, 15) is 19.3 Å². The van der Waals surface area contributed by atoms with E-state index in [2.05, 4.69) is 0 Å². The lowest BCUT2D eigenvalue weighted by Gasteiger charge is -2.25. The maximum atomic E-state index is 14.5. The Kier molecular flexibility index (Phi) is 5.97. The number of rotatable bonds is 6. The first kappa shape index (κ1) is 18.8. The fourth-order valence-electron chi connectivity index (χ4n) is 2.89. The van der Waals surface area contributed by atoms with Crippen molar-refractivity contribution in [3.8, 4) is 0 Å². The Hall–Kier alpha value is -3.00. The number of non-ortho nitro benzene ring substituents is 1. The van der Waals surface area contributed by atoms with Gasteiger partial charge in [0.25, 0.3) is 5.69 Å². The summed E-state index contributed by atoms with van der Waals surface area (Å²) in [6.45, 7) is 0.735. The van der Waals surface area contributed by atoms with E-state index in [1.54, 1.807) is 0 Å². The standard InChI is InChI=1S/C19H19FN2O5/c20-17-11-15(22(24)25)8-9-18(17)21(12-16-7-4-10-26-16)19(23)27-13-14-5-2-1-3-6-14/h1-3,5-6,8-9,11,16H,4,7,10,12-13H2. The van der Waals surface area contributed by atoms with Gasteiger partial charge >= 0.3 is 6.09 Å². The highest BCUT2D eigenvalue weighted by Crippen LogP contribution is 2.26. The number of nitrogens with zero attached hydrogens (tertiary/aromatic N) is 2. The number of carbonyl (C=O) groups excluding carboxylic acids is 1. The average molecular weight is 374 g/mol. The number of benzene rings is 2. The molecule has 0 aliphatic carbocycles. The number of nitro groups is 1. The normalized spacial score (nSPS) is 16.1. The summed E-state index contributed by atoms with van der Waals surface area (Å²) in [6, 6.07) is 12.3. The quantitative estimate of drug-likeness (QED) is 0.563. The van der Waals surface area contributed by atoms with Crippen LogP contribution in [0.1, 0.15) is 18.4 Å². The maximum absolute atomic E-state index is 14.5. The Morgan fingerprint density at radius 2 is 2.07 bits per heavy atom. The SMILES string of the molecule is O=C(OCc1ccccc1)N(CC1CCCO1)c1ccc([N+](=O)[O-])cc1F. The molecule has 1 amide bonds. The molecule has 0 aromatic heterocycles. The van der Waals surface area contributed by atoms with Crippen molar-refractivity contribution in [1.29, 1.82) is 0 Å². The van der Waals surface area contributed by atoms with E-state index in [4.69, 9.17) is 9.47 Å². The molecular formula is C19H19FN2O5. The molecule has 1 unspecified atom stereocenters. The van der Waals surface area contributed by atoms with Crippen LogP contribution in [0.2, 0.25) is 0 Å². The van der Waals surface area contributed by atoms with Gasteiger partial charge in [-0.3, -0.25) is 15.0 Å². The topological polar surface area (TPSA) is 81.9 Å². The molecule has 142 valence electrons. The van der Waals surface area contributed by atoms with Crippen molar-refractivity contribution in [2.45, 2.75) is 25.6 Å². The second-order valence-corrected chi connectivity index (χ2v) is 6.18. The fraction of sp³-hybridized carbons (Fsp3) is 0.316. The van der Waals surface area contributed by atoms with Crippen LogP contribution in [-0.2, 0) is 16.1 Å². The fourth-order valence-corrected chi connectivity index (χ4v) is 2.89. The highest BCUT2D eigenvalue weighted by Gasteiger charge is 2.27. The van der Waals surface area contributed by atoms with Crippen molar-refractivity contribution >= 4 is 17.5 Å². The summed E-state index contributed by atoms with van der Waals surface area (Å²) in [5.41, 5.74) is 0.340. The van der Waals surface area contributed by atoms with Crippen LogP contribution in [0.25, 0.3) is 0 Å². The van der Waals surface area contributed by atoms with Crippen LogP contribution in [0.15, 0.2) is 48.5 Å². The van der Waals surface area contributed by atoms with Crippen LogP contribution in [0, 0.1) is 15.9 Å². The summed E-state index contributed by atoms with van der Waals surface area (Å²) in [5, 5.41) is 10.8. The summed E-state index contributed by atoms with van der Waals surface area (Å²) in [7, 11) is 0. The molecule has 1 aliphatic rings. The van der Waals surface area contributed by atoms with Gasteiger partial charge in [0.1, 0.15) is 6.61 Å². The Balaban J connectivity index is 1.79. The molecule has 0 spiro atoms. The van der Waals surface area contributed by atoms with Crippen LogP contribution in [0.4, 0.5) is 20.6 Å². The third-order valence-corrected chi connectivity index (χ3v) is 4.27.